The molecule has 0 aromatic heterocycles. The minimum atomic E-state index is -1.49. The third kappa shape index (κ3) is 12.2. The smallest absolute Gasteiger partial charge is 0.394 e. The van der Waals surface area contributed by atoms with Crippen LogP contribution in [0.25, 0.3) is 0 Å². The van der Waals surface area contributed by atoms with Gasteiger partial charge in [-0.05, 0) is 83.7 Å². The molecule has 0 aliphatic carbocycles. The van der Waals surface area contributed by atoms with Gasteiger partial charge in [0, 0.05) is 47.4 Å². The van der Waals surface area contributed by atoms with E-state index in [4.69, 9.17) is 0 Å². The zero-order chi connectivity index (χ0) is 31.7. The second-order valence-electron chi connectivity index (χ2n) is 11.9. The van der Waals surface area contributed by atoms with Crippen LogP contribution < -0.4 is 5.32 Å². The summed E-state index contributed by atoms with van der Waals surface area (Å²) in [6.07, 6.45) is 13.9. The summed E-state index contributed by atoms with van der Waals surface area (Å²) in [5.74, 6) is -2.47. The molecule has 9 heteroatoms. The first kappa shape index (κ1) is 35.5. The van der Waals surface area contributed by atoms with Gasteiger partial charge in [0.05, 0.1) is 0 Å². The number of halogens is 1. The van der Waals surface area contributed by atoms with Crippen LogP contribution >= 0.6 is 22.6 Å². The lowest BCUT2D eigenvalue weighted by Gasteiger charge is -2.34. The molecule has 1 saturated heterocycles. The van der Waals surface area contributed by atoms with Crippen molar-refractivity contribution in [3.63, 3.8) is 0 Å². The molecule has 0 saturated carbocycles. The molecule has 0 unspecified atom stereocenters. The molecule has 1 aliphatic rings. The number of nitrogens with zero attached hydrogens (tertiary/aromatic N) is 2. The van der Waals surface area contributed by atoms with Crippen LogP contribution in [0.1, 0.15) is 110 Å². The molecule has 0 atom stereocenters. The van der Waals surface area contributed by atoms with E-state index in [1.54, 1.807) is 24.3 Å². The summed E-state index contributed by atoms with van der Waals surface area (Å²) in [7, 11) is 0. The molecule has 2 aromatic rings. The van der Waals surface area contributed by atoms with Crippen molar-refractivity contribution in [3.8, 4) is 0 Å². The summed E-state index contributed by atoms with van der Waals surface area (Å²) in [5, 5.41) is 12.4. The van der Waals surface area contributed by atoms with Crippen molar-refractivity contribution < 1.29 is 24.3 Å². The summed E-state index contributed by atoms with van der Waals surface area (Å²) in [6.45, 7) is 4.46. The summed E-state index contributed by atoms with van der Waals surface area (Å²) in [4.78, 5) is 52.8. The van der Waals surface area contributed by atoms with Crippen molar-refractivity contribution in [2.75, 3.05) is 26.2 Å². The minimum absolute atomic E-state index is 0.00643. The number of aliphatic carboxylic acids is 1. The Labute approximate surface area is 276 Å². The van der Waals surface area contributed by atoms with Gasteiger partial charge in [0.2, 0.25) is 0 Å². The first-order valence-electron chi connectivity index (χ1n) is 16.2. The van der Waals surface area contributed by atoms with E-state index in [1.165, 1.54) is 56.3 Å². The van der Waals surface area contributed by atoms with Gasteiger partial charge >= 0.3 is 11.9 Å². The first-order valence-corrected chi connectivity index (χ1v) is 17.3. The zero-order valence-corrected chi connectivity index (χ0v) is 28.2. The normalized spacial score (nSPS) is 13.5. The summed E-state index contributed by atoms with van der Waals surface area (Å²) in [5.41, 5.74) is 1.97. The van der Waals surface area contributed by atoms with Gasteiger partial charge in [0.25, 0.3) is 11.8 Å². The molecule has 1 aliphatic heterocycles. The van der Waals surface area contributed by atoms with Gasteiger partial charge < -0.3 is 20.2 Å². The van der Waals surface area contributed by atoms with Crippen LogP contribution in [0.15, 0.2) is 48.5 Å². The molecule has 0 bridgehead atoms. The number of piperidine rings is 1. The molecule has 3 rings (SSSR count). The lowest BCUT2D eigenvalue weighted by molar-refractivity contribution is -0.156. The lowest BCUT2D eigenvalue weighted by Crippen LogP contribution is -2.44. The molecule has 8 nitrogen and oxygen atoms in total. The van der Waals surface area contributed by atoms with E-state index < -0.39 is 11.9 Å². The zero-order valence-electron chi connectivity index (χ0n) is 26.1. The van der Waals surface area contributed by atoms with Crippen LogP contribution in [0.5, 0.6) is 0 Å². The van der Waals surface area contributed by atoms with Crippen molar-refractivity contribution in [2.45, 2.75) is 90.5 Å². The number of rotatable bonds is 17. The fraction of sp³-hybridized carbons (Fsp3) is 0.543. The summed E-state index contributed by atoms with van der Waals surface area (Å²) in [6, 6.07) is 14.5. The van der Waals surface area contributed by atoms with E-state index in [1.807, 2.05) is 29.2 Å². The van der Waals surface area contributed by atoms with Gasteiger partial charge in [-0.2, -0.15) is 0 Å². The Hall–Kier alpha value is -2.95. The average molecular weight is 718 g/mol. The summed E-state index contributed by atoms with van der Waals surface area (Å²) < 4.78 is 1.00. The Morgan fingerprint density at radius 2 is 1.48 bits per heavy atom. The maximum absolute atomic E-state index is 12.9. The molecule has 240 valence electrons. The maximum atomic E-state index is 12.9. The highest BCUT2D eigenvalue weighted by Gasteiger charge is 2.29. The van der Waals surface area contributed by atoms with E-state index in [9.17, 15) is 24.3 Å². The lowest BCUT2D eigenvalue weighted by atomic mass is 9.95. The number of carboxylic acid groups (broad SMARTS) is 1. The highest BCUT2D eigenvalue weighted by molar-refractivity contribution is 14.1. The van der Waals surface area contributed by atoms with Crippen LogP contribution in [-0.2, 0) is 16.1 Å². The number of carbonyl (C=O) groups excluding carboxylic acids is 3. The molecular weight excluding hydrogens is 669 g/mol. The quantitative estimate of drug-likeness (QED) is 0.105. The van der Waals surface area contributed by atoms with Gasteiger partial charge in [-0.3, -0.25) is 14.4 Å². The molecule has 44 heavy (non-hydrogen) atoms. The van der Waals surface area contributed by atoms with Gasteiger partial charge in [-0.15, -0.1) is 0 Å². The molecule has 1 heterocycles. The van der Waals surface area contributed by atoms with Crippen LogP contribution in [-0.4, -0.2) is 64.8 Å². The van der Waals surface area contributed by atoms with E-state index in [0.717, 1.165) is 22.0 Å². The average Bonchev–Trinajstić information content (AvgIpc) is 3.03. The fourth-order valence-electron chi connectivity index (χ4n) is 5.69. The van der Waals surface area contributed by atoms with Crippen molar-refractivity contribution in [1.29, 1.82) is 0 Å². The number of amides is 3. The third-order valence-corrected chi connectivity index (χ3v) is 9.00. The van der Waals surface area contributed by atoms with Crippen LogP contribution in [0.2, 0.25) is 0 Å². The molecule has 2 N–H and O–H groups in total. The number of hydrogen-bond donors (Lipinski definition) is 2. The Morgan fingerprint density at radius 1 is 0.864 bits per heavy atom. The number of carboxylic acids is 1. The van der Waals surface area contributed by atoms with Gasteiger partial charge in [0.1, 0.15) is 0 Å². The number of likely N-dealkylation sites (tertiary alicyclic amines) is 1. The van der Waals surface area contributed by atoms with Crippen molar-refractivity contribution in [3.05, 3.63) is 68.8 Å². The Bertz CT molecular complexity index is 1210. The fourth-order valence-corrected chi connectivity index (χ4v) is 6.23. The highest BCUT2D eigenvalue weighted by atomic mass is 127. The molecule has 2 aromatic carbocycles. The SMILES string of the molecule is CCCCCCCCCCCCNC(=O)c1ccc(CN(CC2CCN(C(=O)c3cccc(I)c3)CC2)C(=O)C(=O)O)cc1. The topological polar surface area (TPSA) is 107 Å². The number of nitrogens with one attached hydrogen (secondary N) is 1. The highest BCUT2D eigenvalue weighted by Crippen LogP contribution is 2.22. The monoisotopic (exact) mass is 717 g/mol. The predicted octanol–water partition coefficient (Wildman–Crippen LogP) is 6.91. The number of carbonyl (C=O) groups is 4. The minimum Gasteiger partial charge on any atom is -0.474 e. The van der Waals surface area contributed by atoms with E-state index in [-0.39, 0.29) is 24.3 Å². The van der Waals surface area contributed by atoms with Gasteiger partial charge in [0.15, 0.2) is 0 Å². The van der Waals surface area contributed by atoms with E-state index in [0.29, 0.717) is 50.1 Å². The Balaban J connectivity index is 1.41. The van der Waals surface area contributed by atoms with Crippen LogP contribution in [0.4, 0.5) is 0 Å². The largest absolute Gasteiger partial charge is 0.474 e. The molecule has 0 spiro atoms. The van der Waals surface area contributed by atoms with Gasteiger partial charge in [-0.25, -0.2) is 4.79 Å². The van der Waals surface area contributed by atoms with Crippen LogP contribution in [0, 0.1) is 9.49 Å². The Kier molecular flexibility index (Phi) is 15.7. The van der Waals surface area contributed by atoms with E-state index in [2.05, 4.69) is 34.8 Å². The maximum Gasteiger partial charge on any atom is 0.394 e. The Morgan fingerprint density at radius 3 is 2.07 bits per heavy atom. The standard InChI is InChI=1S/C35H48IN3O5/c1-2-3-4-5-6-7-8-9-10-11-21-37-32(40)29-17-15-27(16-18-29)25-39(34(42)35(43)44)26-28-19-22-38(23-20-28)33(41)30-13-12-14-31(36)24-30/h12-18,24,28H,2-11,19-23,25-26H2,1H3,(H,37,40)(H,43,44). The predicted molar refractivity (Wildman–Crippen MR) is 181 cm³/mol. The van der Waals surface area contributed by atoms with E-state index >= 15 is 0 Å². The number of hydrogen-bond acceptors (Lipinski definition) is 4. The number of benzene rings is 2. The molecule has 1 fully saturated rings. The second kappa shape index (κ2) is 19.4. The van der Waals surface area contributed by atoms with Gasteiger partial charge in [-0.1, -0.05) is 82.9 Å². The van der Waals surface area contributed by atoms with Crippen LogP contribution in [0.3, 0.4) is 0 Å². The summed E-state index contributed by atoms with van der Waals surface area (Å²) >= 11 is 2.19. The molecule has 0 radical (unpaired) electrons. The third-order valence-electron chi connectivity index (χ3n) is 8.33. The number of unbranched alkanes of at least 4 members (excludes halogenated alkanes) is 9. The molecular formula is C35H48IN3O5. The molecule has 3 amide bonds. The van der Waals surface area contributed by atoms with Crippen molar-refractivity contribution >= 4 is 46.3 Å². The van der Waals surface area contributed by atoms with Crippen molar-refractivity contribution in [1.82, 2.24) is 15.1 Å². The second-order valence-corrected chi connectivity index (χ2v) is 13.1. The first-order chi connectivity index (χ1) is 21.3. The van der Waals surface area contributed by atoms with Crippen molar-refractivity contribution in [2.24, 2.45) is 5.92 Å².